The third kappa shape index (κ3) is 6.91. The summed E-state index contributed by atoms with van der Waals surface area (Å²) >= 11 is 0. The molecule has 6 nitrogen and oxygen atoms in total. The summed E-state index contributed by atoms with van der Waals surface area (Å²) in [6, 6.07) is 15.2. The van der Waals surface area contributed by atoms with Crippen molar-refractivity contribution < 1.29 is 9.59 Å². The van der Waals surface area contributed by atoms with Crippen LogP contribution in [-0.2, 0) is 4.79 Å². The molecule has 0 radical (unpaired) electrons. The number of likely N-dealkylation sites (tertiary alicyclic amines) is 1. The topological polar surface area (TPSA) is 73.5 Å². The van der Waals surface area contributed by atoms with Crippen LogP contribution in [0.3, 0.4) is 0 Å². The van der Waals surface area contributed by atoms with Crippen LogP contribution < -0.4 is 16.0 Å². The average molecular weight is 395 g/mol. The van der Waals surface area contributed by atoms with E-state index in [-0.39, 0.29) is 11.9 Å². The Kier molecular flexibility index (Phi) is 7.64. The number of rotatable bonds is 7. The molecular formula is C23H30N4O2. The molecule has 0 spiro atoms. The van der Waals surface area contributed by atoms with Crippen molar-refractivity contribution in [1.29, 1.82) is 0 Å². The van der Waals surface area contributed by atoms with Crippen LogP contribution in [0.15, 0.2) is 48.5 Å². The van der Waals surface area contributed by atoms with Crippen molar-refractivity contribution in [1.82, 2.24) is 10.2 Å². The summed E-state index contributed by atoms with van der Waals surface area (Å²) in [7, 11) is 0. The Morgan fingerprint density at radius 2 is 1.66 bits per heavy atom. The standard InChI is InChI=1S/C23H30N4O2/c1-18(28)25-22-8-5-7-20(17-22)19-9-11-21(12-10-19)26-23(29)24-13-6-16-27-14-3-2-4-15-27/h5,7-12,17H,2-4,6,13-16H2,1H3,(H,25,28)(H2,24,26,29). The maximum Gasteiger partial charge on any atom is 0.319 e. The summed E-state index contributed by atoms with van der Waals surface area (Å²) in [5.41, 5.74) is 3.54. The SMILES string of the molecule is CC(=O)Nc1cccc(-c2ccc(NC(=O)NCCCN3CCCCC3)cc2)c1. The summed E-state index contributed by atoms with van der Waals surface area (Å²) in [4.78, 5) is 25.8. The molecule has 1 heterocycles. The largest absolute Gasteiger partial charge is 0.338 e. The first-order chi connectivity index (χ1) is 14.1. The van der Waals surface area contributed by atoms with E-state index in [1.165, 1.54) is 39.3 Å². The first-order valence-electron chi connectivity index (χ1n) is 10.4. The number of piperidine rings is 1. The minimum Gasteiger partial charge on any atom is -0.338 e. The van der Waals surface area contributed by atoms with Crippen LogP contribution in [0.2, 0.25) is 0 Å². The lowest BCUT2D eigenvalue weighted by Crippen LogP contribution is -2.34. The van der Waals surface area contributed by atoms with Crippen LogP contribution in [0.4, 0.5) is 16.2 Å². The van der Waals surface area contributed by atoms with E-state index in [1.807, 2.05) is 48.5 Å². The number of hydrogen-bond donors (Lipinski definition) is 3. The Hall–Kier alpha value is -2.86. The Balaban J connectivity index is 1.45. The quantitative estimate of drug-likeness (QED) is 0.613. The number of carbonyl (C=O) groups excluding carboxylic acids is 2. The van der Waals surface area contributed by atoms with Crippen molar-refractivity contribution in [2.24, 2.45) is 0 Å². The maximum atomic E-state index is 12.1. The number of nitrogens with one attached hydrogen (secondary N) is 3. The first kappa shape index (κ1) is 20.9. The van der Waals surface area contributed by atoms with E-state index in [9.17, 15) is 9.59 Å². The van der Waals surface area contributed by atoms with E-state index in [1.54, 1.807) is 0 Å². The molecule has 2 aromatic rings. The van der Waals surface area contributed by atoms with Gasteiger partial charge in [-0.25, -0.2) is 4.79 Å². The lowest BCUT2D eigenvalue weighted by molar-refractivity contribution is -0.114. The van der Waals surface area contributed by atoms with Crippen LogP contribution in [0.5, 0.6) is 0 Å². The molecular weight excluding hydrogens is 364 g/mol. The fourth-order valence-electron chi connectivity index (χ4n) is 3.59. The Morgan fingerprint density at radius 3 is 2.38 bits per heavy atom. The highest BCUT2D eigenvalue weighted by Crippen LogP contribution is 2.24. The van der Waals surface area contributed by atoms with E-state index in [4.69, 9.17) is 0 Å². The monoisotopic (exact) mass is 394 g/mol. The molecule has 6 heteroatoms. The number of carbonyl (C=O) groups is 2. The second-order valence-electron chi connectivity index (χ2n) is 7.48. The van der Waals surface area contributed by atoms with Gasteiger partial charge in [0.15, 0.2) is 0 Å². The minimum atomic E-state index is -0.177. The molecule has 3 amide bonds. The molecule has 0 aliphatic carbocycles. The molecule has 154 valence electrons. The average Bonchev–Trinajstić information content (AvgIpc) is 2.72. The van der Waals surface area contributed by atoms with Crippen molar-refractivity contribution >= 4 is 23.3 Å². The summed E-state index contributed by atoms with van der Waals surface area (Å²) in [5.74, 6) is -0.0939. The zero-order valence-corrected chi connectivity index (χ0v) is 17.0. The normalized spacial score (nSPS) is 14.2. The third-order valence-corrected chi connectivity index (χ3v) is 5.04. The van der Waals surface area contributed by atoms with Gasteiger partial charge in [-0.1, -0.05) is 30.7 Å². The predicted molar refractivity (Wildman–Crippen MR) is 118 cm³/mol. The molecule has 3 rings (SSSR count). The first-order valence-corrected chi connectivity index (χ1v) is 10.4. The van der Waals surface area contributed by atoms with Gasteiger partial charge in [-0.05, 0) is 74.3 Å². The Labute approximate surface area is 172 Å². The smallest absolute Gasteiger partial charge is 0.319 e. The van der Waals surface area contributed by atoms with Gasteiger partial charge in [-0.3, -0.25) is 4.79 Å². The number of benzene rings is 2. The van der Waals surface area contributed by atoms with Gasteiger partial charge in [0.25, 0.3) is 0 Å². The number of nitrogens with zero attached hydrogens (tertiary/aromatic N) is 1. The van der Waals surface area contributed by atoms with Gasteiger partial charge in [0, 0.05) is 24.8 Å². The van der Waals surface area contributed by atoms with Gasteiger partial charge in [0.05, 0.1) is 0 Å². The molecule has 29 heavy (non-hydrogen) atoms. The molecule has 3 N–H and O–H groups in total. The molecule has 0 aromatic heterocycles. The molecule has 0 unspecified atom stereocenters. The van der Waals surface area contributed by atoms with E-state index in [2.05, 4.69) is 20.9 Å². The summed E-state index contributed by atoms with van der Waals surface area (Å²) < 4.78 is 0. The van der Waals surface area contributed by atoms with Gasteiger partial charge < -0.3 is 20.9 Å². The van der Waals surface area contributed by atoms with Gasteiger partial charge >= 0.3 is 6.03 Å². The van der Waals surface area contributed by atoms with E-state index >= 15 is 0 Å². The summed E-state index contributed by atoms with van der Waals surface area (Å²) in [5, 5.41) is 8.59. The van der Waals surface area contributed by atoms with Crippen molar-refractivity contribution in [2.75, 3.05) is 36.8 Å². The van der Waals surface area contributed by atoms with E-state index in [0.717, 1.165) is 35.5 Å². The fourth-order valence-corrected chi connectivity index (χ4v) is 3.59. The van der Waals surface area contributed by atoms with E-state index < -0.39 is 0 Å². The zero-order valence-electron chi connectivity index (χ0n) is 17.0. The van der Waals surface area contributed by atoms with Crippen LogP contribution >= 0.6 is 0 Å². The van der Waals surface area contributed by atoms with Gasteiger partial charge in [0.1, 0.15) is 0 Å². The molecule has 1 fully saturated rings. The van der Waals surface area contributed by atoms with Crippen LogP contribution in [-0.4, -0.2) is 43.0 Å². The minimum absolute atomic E-state index is 0.0939. The third-order valence-electron chi connectivity index (χ3n) is 5.04. The van der Waals surface area contributed by atoms with Crippen LogP contribution in [0.25, 0.3) is 11.1 Å². The predicted octanol–water partition coefficient (Wildman–Crippen LogP) is 4.31. The number of urea groups is 1. The molecule has 1 aliphatic rings. The molecule has 0 atom stereocenters. The highest BCUT2D eigenvalue weighted by atomic mass is 16.2. The second-order valence-corrected chi connectivity index (χ2v) is 7.48. The van der Waals surface area contributed by atoms with Gasteiger partial charge in [-0.15, -0.1) is 0 Å². The molecule has 0 bridgehead atoms. The van der Waals surface area contributed by atoms with Gasteiger partial charge in [0.2, 0.25) is 5.91 Å². The van der Waals surface area contributed by atoms with E-state index in [0.29, 0.717) is 6.54 Å². The summed E-state index contributed by atoms with van der Waals surface area (Å²) in [6.45, 7) is 5.59. The number of amides is 3. The van der Waals surface area contributed by atoms with Gasteiger partial charge in [-0.2, -0.15) is 0 Å². The number of hydrogen-bond acceptors (Lipinski definition) is 3. The van der Waals surface area contributed by atoms with Crippen LogP contribution in [0.1, 0.15) is 32.6 Å². The fraction of sp³-hybridized carbons (Fsp3) is 0.391. The van der Waals surface area contributed by atoms with Crippen molar-refractivity contribution in [3.05, 3.63) is 48.5 Å². The van der Waals surface area contributed by atoms with Crippen molar-refractivity contribution in [2.45, 2.75) is 32.6 Å². The maximum absolute atomic E-state index is 12.1. The highest BCUT2D eigenvalue weighted by molar-refractivity contribution is 5.90. The Bertz CT molecular complexity index is 814. The van der Waals surface area contributed by atoms with Crippen molar-refractivity contribution in [3.8, 4) is 11.1 Å². The molecule has 0 saturated carbocycles. The Morgan fingerprint density at radius 1 is 0.897 bits per heavy atom. The lowest BCUT2D eigenvalue weighted by atomic mass is 10.0. The molecule has 1 saturated heterocycles. The number of anilines is 2. The molecule has 2 aromatic carbocycles. The zero-order chi connectivity index (χ0) is 20.5. The highest BCUT2D eigenvalue weighted by Gasteiger charge is 2.09. The molecule has 1 aliphatic heterocycles. The summed E-state index contributed by atoms with van der Waals surface area (Å²) in [6.07, 6.45) is 4.90. The van der Waals surface area contributed by atoms with Crippen LogP contribution in [0, 0.1) is 0 Å². The second kappa shape index (κ2) is 10.6. The lowest BCUT2D eigenvalue weighted by Gasteiger charge is -2.26. The van der Waals surface area contributed by atoms with Crippen molar-refractivity contribution in [3.63, 3.8) is 0 Å².